The summed E-state index contributed by atoms with van der Waals surface area (Å²) in [5.74, 6) is 0. The van der Waals surface area contributed by atoms with Gasteiger partial charge in [-0.3, -0.25) is 0 Å². The lowest BCUT2D eigenvalue weighted by Crippen LogP contribution is -2.10. The molecule has 59 heavy (non-hydrogen) atoms. The molecule has 0 aliphatic rings. The van der Waals surface area contributed by atoms with E-state index < -0.39 is 0 Å². The Hall–Kier alpha value is -7.60. The lowest BCUT2D eigenvalue weighted by atomic mass is 9.95. The van der Waals surface area contributed by atoms with Gasteiger partial charge in [-0.15, -0.1) is 11.3 Å². The van der Waals surface area contributed by atoms with Crippen LogP contribution in [0.25, 0.3) is 108 Å². The van der Waals surface area contributed by atoms with E-state index in [2.05, 4.69) is 169 Å². The van der Waals surface area contributed by atoms with Gasteiger partial charge in [0.25, 0.3) is 0 Å². The maximum atomic E-state index is 7.02. The number of rotatable bonds is 5. The molecule has 0 aliphatic carbocycles. The molecule has 276 valence electrons. The Balaban J connectivity index is 1.10. The molecule has 0 unspecified atom stereocenters. The first-order chi connectivity index (χ1) is 29.2. The number of hydrogen-bond acceptors (Lipinski definition) is 5. The highest BCUT2D eigenvalue weighted by atomic mass is 32.1. The number of furan rings is 3. The summed E-state index contributed by atoms with van der Waals surface area (Å²) in [4.78, 5) is 2.40. The van der Waals surface area contributed by atoms with Crippen molar-refractivity contribution in [1.29, 1.82) is 0 Å². The summed E-state index contributed by atoms with van der Waals surface area (Å²) in [5, 5.41) is 8.71. The van der Waals surface area contributed by atoms with E-state index in [1.807, 2.05) is 35.6 Å². The van der Waals surface area contributed by atoms with Crippen LogP contribution in [-0.4, -0.2) is 0 Å². The summed E-state index contributed by atoms with van der Waals surface area (Å²) in [6.07, 6.45) is 0. The van der Waals surface area contributed by atoms with Crippen molar-refractivity contribution in [2.24, 2.45) is 0 Å². The van der Waals surface area contributed by atoms with Crippen molar-refractivity contribution >= 4 is 114 Å². The first kappa shape index (κ1) is 32.5. The van der Waals surface area contributed by atoms with Crippen LogP contribution < -0.4 is 4.90 Å². The second-order valence-electron chi connectivity index (χ2n) is 15.2. The van der Waals surface area contributed by atoms with E-state index in [0.29, 0.717) is 0 Å². The number of fused-ring (bicyclic) bond motifs is 12. The number of hydrogen-bond donors (Lipinski definition) is 0. The molecule has 0 radical (unpaired) electrons. The molecule has 0 aliphatic heterocycles. The van der Waals surface area contributed by atoms with Gasteiger partial charge in [-0.1, -0.05) is 127 Å². The number of para-hydroxylation sites is 3. The van der Waals surface area contributed by atoms with E-state index in [0.717, 1.165) is 99.6 Å². The van der Waals surface area contributed by atoms with Gasteiger partial charge < -0.3 is 18.2 Å². The van der Waals surface area contributed by atoms with Crippen LogP contribution in [0.15, 0.2) is 201 Å². The molecule has 4 aromatic heterocycles. The van der Waals surface area contributed by atoms with Gasteiger partial charge in [0.2, 0.25) is 0 Å². The van der Waals surface area contributed by atoms with E-state index in [9.17, 15) is 0 Å². The fourth-order valence-corrected chi connectivity index (χ4v) is 10.4. The molecule has 0 saturated heterocycles. The van der Waals surface area contributed by atoms with Crippen molar-refractivity contribution < 1.29 is 13.3 Å². The van der Waals surface area contributed by atoms with Crippen LogP contribution in [0.1, 0.15) is 0 Å². The zero-order valence-corrected chi connectivity index (χ0v) is 32.3. The van der Waals surface area contributed by atoms with Crippen LogP contribution in [0.3, 0.4) is 0 Å². The number of anilines is 3. The molecule has 0 amide bonds. The predicted molar refractivity (Wildman–Crippen MR) is 247 cm³/mol. The highest BCUT2D eigenvalue weighted by Gasteiger charge is 2.25. The quantitative estimate of drug-likeness (QED) is 0.175. The summed E-state index contributed by atoms with van der Waals surface area (Å²) in [6.45, 7) is 0. The number of nitrogens with zero attached hydrogens (tertiary/aromatic N) is 1. The molecule has 0 saturated carbocycles. The molecule has 0 spiro atoms. The smallest absolute Gasteiger partial charge is 0.144 e. The molecule has 13 rings (SSSR count). The van der Waals surface area contributed by atoms with Gasteiger partial charge in [0.05, 0.1) is 10.4 Å². The minimum Gasteiger partial charge on any atom is -0.456 e. The summed E-state index contributed by atoms with van der Waals surface area (Å²) in [5.41, 5.74) is 12.4. The van der Waals surface area contributed by atoms with Gasteiger partial charge in [-0.2, -0.15) is 0 Å². The second-order valence-corrected chi connectivity index (χ2v) is 16.2. The molecule has 5 heteroatoms. The molecule has 0 bridgehead atoms. The first-order valence-corrected chi connectivity index (χ1v) is 20.6. The van der Waals surface area contributed by atoms with Gasteiger partial charge in [0.1, 0.15) is 33.5 Å². The van der Waals surface area contributed by atoms with Crippen molar-refractivity contribution in [2.75, 3.05) is 4.90 Å². The van der Waals surface area contributed by atoms with Gasteiger partial charge in [0.15, 0.2) is 0 Å². The zero-order chi connectivity index (χ0) is 38.6. The van der Waals surface area contributed by atoms with Crippen LogP contribution in [0, 0.1) is 0 Å². The largest absolute Gasteiger partial charge is 0.456 e. The Bertz CT molecular complexity index is 3810. The second kappa shape index (κ2) is 12.4. The van der Waals surface area contributed by atoms with E-state index >= 15 is 0 Å². The van der Waals surface area contributed by atoms with Gasteiger partial charge in [-0.05, 0) is 71.8 Å². The lowest BCUT2D eigenvalue weighted by molar-refractivity contribution is 0.662. The monoisotopic (exact) mass is 773 g/mol. The highest BCUT2D eigenvalue weighted by molar-refractivity contribution is 7.26. The average molecular weight is 774 g/mol. The third kappa shape index (κ3) is 4.83. The first-order valence-electron chi connectivity index (χ1n) is 19.8. The topological polar surface area (TPSA) is 42.7 Å². The van der Waals surface area contributed by atoms with E-state index in [4.69, 9.17) is 13.3 Å². The third-order valence-electron chi connectivity index (χ3n) is 11.9. The minimum atomic E-state index is 0.799. The SMILES string of the molecule is c1ccc(-c2cccc(N(c3ccc4oc5c(-c6cccc7c6oc6ccccc67)c6c(cc5c4c3)oc3ccccc36)c3cccc4c3sc3ccccc34)c2)cc1. The fourth-order valence-electron chi connectivity index (χ4n) is 9.23. The summed E-state index contributed by atoms with van der Waals surface area (Å²) < 4.78 is 22.9. The Morgan fingerprint density at radius 1 is 0.373 bits per heavy atom. The minimum absolute atomic E-state index is 0.799. The Morgan fingerprint density at radius 2 is 1.03 bits per heavy atom. The van der Waals surface area contributed by atoms with Crippen molar-refractivity contribution in [3.05, 3.63) is 188 Å². The number of benzene rings is 9. The normalized spacial score (nSPS) is 12.1. The van der Waals surface area contributed by atoms with Gasteiger partial charge in [-0.25, -0.2) is 0 Å². The lowest BCUT2D eigenvalue weighted by Gasteiger charge is -2.26. The van der Waals surface area contributed by atoms with Crippen LogP contribution in [0.4, 0.5) is 17.1 Å². The summed E-state index contributed by atoms with van der Waals surface area (Å²) in [7, 11) is 0. The van der Waals surface area contributed by atoms with E-state index in [1.165, 1.54) is 25.7 Å². The highest BCUT2D eigenvalue weighted by Crippen LogP contribution is 2.50. The van der Waals surface area contributed by atoms with E-state index in [1.54, 1.807) is 0 Å². The van der Waals surface area contributed by atoms with Crippen LogP contribution in [-0.2, 0) is 0 Å². The maximum absolute atomic E-state index is 7.02. The molecule has 0 atom stereocenters. The molecule has 13 aromatic rings. The molecular weight excluding hydrogens is 743 g/mol. The van der Waals surface area contributed by atoms with Crippen molar-refractivity contribution in [3.8, 4) is 22.3 Å². The Labute approximate surface area is 341 Å². The number of thiophene rings is 1. The van der Waals surface area contributed by atoms with Crippen LogP contribution in [0.5, 0.6) is 0 Å². The fraction of sp³-hybridized carbons (Fsp3) is 0. The zero-order valence-electron chi connectivity index (χ0n) is 31.5. The Kier molecular flexibility index (Phi) is 6.85. The standard InChI is InChI=1S/C54H31NO3S/c1-2-13-32(14-3-1)33-15-10-16-34(29-33)55(44-23-12-21-39-37-18-6-9-26-49(37)59-54(39)44)35-27-28-47-42(30-35)43-31-48-50(40-19-5-8-25-46(40)56-48)51(53(43)58-47)41-22-11-20-38-36-17-4-7-24-45(36)57-52(38)41/h1-31H. The summed E-state index contributed by atoms with van der Waals surface area (Å²) in [6, 6.07) is 66.4. The van der Waals surface area contributed by atoms with Crippen molar-refractivity contribution in [1.82, 2.24) is 0 Å². The third-order valence-corrected chi connectivity index (χ3v) is 13.1. The van der Waals surface area contributed by atoms with Crippen LogP contribution >= 0.6 is 11.3 Å². The van der Waals surface area contributed by atoms with E-state index in [-0.39, 0.29) is 0 Å². The molecule has 0 N–H and O–H groups in total. The molecular formula is C54H31NO3S. The molecule has 0 fully saturated rings. The van der Waals surface area contributed by atoms with Gasteiger partial charge in [0, 0.05) is 70.3 Å². The van der Waals surface area contributed by atoms with Crippen molar-refractivity contribution in [3.63, 3.8) is 0 Å². The summed E-state index contributed by atoms with van der Waals surface area (Å²) >= 11 is 1.84. The molecule has 4 heterocycles. The Morgan fingerprint density at radius 3 is 1.93 bits per heavy atom. The predicted octanol–water partition coefficient (Wildman–Crippen LogP) is 16.6. The van der Waals surface area contributed by atoms with Crippen molar-refractivity contribution in [2.45, 2.75) is 0 Å². The molecule has 4 nitrogen and oxygen atoms in total. The molecule has 9 aromatic carbocycles. The van der Waals surface area contributed by atoms with Crippen LogP contribution in [0.2, 0.25) is 0 Å². The van der Waals surface area contributed by atoms with Gasteiger partial charge >= 0.3 is 0 Å². The average Bonchev–Trinajstić information content (AvgIpc) is 4.06. The maximum Gasteiger partial charge on any atom is 0.144 e.